The molecule has 0 radical (unpaired) electrons. The second-order valence-corrected chi connectivity index (χ2v) is 14.2. The standard InChI is InChI=1S/C35H51N3O5/c1-8-20-36(25-16-12-10-13-17-25)30(40)27-26-18-19-35(43-26)28(27)31(41)37(22-14-11-15-23-39)29(35)32(42)38(21-9-2)34(6,7)24-33(3,4)5/h8-10,12-13,16-17,26-29,39H,1-2,11,14-15,18-24H2,3-7H3/t26-,27+,28-,29?,35?/m0/s1. The van der Waals surface area contributed by atoms with E-state index in [0.717, 1.165) is 18.5 Å². The van der Waals surface area contributed by atoms with Crippen molar-refractivity contribution in [2.24, 2.45) is 17.3 Å². The molecule has 2 bridgehead atoms. The molecule has 43 heavy (non-hydrogen) atoms. The first-order chi connectivity index (χ1) is 20.3. The molecule has 8 nitrogen and oxygen atoms in total. The van der Waals surface area contributed by atoms with Crippen molar-refractivity contribution >= 4 is 23.4 Å². The Morgan fingerprint density at radius 2 is 1.72 bits per heavy atom. The fourth-order valence-corrected chi connectivity index (χ4v) is 8.07. The van der Waals surface area contributed by atoms with E-state index in [1.165, 1.54) is 0 Å². The lowest BCUT2D eigenvalue weighted by Crippen LogP contribution is -2.61. The molecule has 1 aromatic carbocycles. The monoisotopic (exact) mass is 593 g/mol. The first-order valence-corrected chi connectivity index (χ1v) is 15.8. The number of aliphatic hydroxyl groups is 1. The molecule has 0 aliphatic carbocycles. The van der Waals surface area contributed by atoms with Crippen molar-refractivity contribution in [3.05, 3.63) is 55.6 Å². The van der Waals surface area contributed by atoms with Crippen LogP contribution in [0.15, 0.2) is 55.6 Å². The highest BCUT2D eigenvalue weighted by molar-refractivity contribution is 6.03. The molecule has 5 atom stereocenters. The van der Waals surface area contributed by atoms with Crippen LogP contribution >= 0.6 is 0 Å². The smallest absolute Gasteiger partial charge is 0.249 e. The summed E-state index contributed by atoms with van der Waals surface area (Å²) in [5, 5.41) is 9.35. The maximum Gasteiger partial charge on any atom is 0.249 e. The predicted octanol–water partition coefficient (Wildman–Crippen LogP) is 4.97. The number of rotatable bonds is 14. The summed E-state index contributed by atoms with van der Waals surface area (Å²) < 4.78 is 6.74. The summed E-state index contributed by atoms with van der Waals surface area (Å²) in [5.74, 6) is -1.92. The molecular formula is C35H51N3O5. The van der Waals surface area contributed by atoms with Gasteiger partial charge in [0.05, 0.1) is 17.9 Å². The van der Waals surface area contributed by atoms with Gasteiger partial charge in [-0.05, 0) is 69.9 Å². The van der Waals surface area contributed by atoms with Crippen LogP contribution in [0.1, 0.15) is 73.1 Å². The second kappa shape index (κ2) is 12.9. The third-order valence-corrected chi connectivity index (χ3v) is 9.29. The van der Waals surface area contributed by atoms with Crippen LogP contribution in [-0.2, 0) is 19.1 Å². The molecule has 1 spiro atoms. The molecule has 3 heterocycles. The maximum atomic E-state index is 14.8. The molecule has 0 aromatic heterocycles. The molecule has 1 N–H and O–H groups in total. The molecule has 4 rings (SSSR count). The van der Waals surface area contributed by atoms with E-state index in [1.54, 1.807) is 22.0 Å². The van der Waals surface area contributed by atoms with Crippen molar-refractivity contribution in [2.75, 3.05) is 31.1 Å². The van der Waals surface area contributed by atoms with Crippen LogP contribution in [-0.4, -0.2) is 82.2 Å². The zero-order valence-corrected chi connectivity index (χ0v) is 26.8. The average Bonchev–Trinajstić information content (AvgIpc) is 3.58. The number of para-hydroxylation sites is 1. The molecule has 3 aliphatic rings. The van der Waals surface area contributed by atoms with Crippen LogP contribution in [0, 0.1) is 17.3 Å². The molecule has 3 saturated heterocycles. The lowest BCUT2D eigenvalue weighted by molar-refractivity contribution is -0.152. The average molecular weight is 594 g/mol. The van der Waals surface area contributed by atoms with Crippen molar-refractivity contribution in [3.8, 4) is 0 Å². The number of benzene rings is 1. The largest absolute Gasteiger partial charge is 0.396 e. The molecule has 236 valence electrons. The van der Waals surface area contributed by atoms with E-state index >= 15 is 0 Å². The zero-order chi connectivity index (χ0) is 31.6. The first kappa shape index (κ1) is 32.9. The van der Waals surface area contributed by atoms with Crippen LogP contribution in [0.2, 0.25) is 0 Å². The van der Waals surface area contributed by atoms with Crippen LogP contribution in [0.5, 0.6) is 0 Å². The molecule has 2 unspecified atom stereocenters. The molecule has 3 fully saturated rings. The van der Waals surface area contributed by atoms with Crippen molar-refractivity contribution in [2.45, 2.75) is 96.4 Å². The third kappa shape index (κ3) is 6.32. The summed E-state index contributed by atoms with van der Waals surface area (Å²) in [7, 11) is 0. The van der Waals surface area contributed by atoms with Crippen molar-refractivity contribution in [1.29, 1.82) is 0 Å². The van der Waals surface area contributed by atoms with Gasteiger partial charge in [-0.25, -0.2) is 0 Å². The highest BCUT2D eigenvalue weighted by Gasteiger charge is 2.75. The van der Waals surface area contributed by atoms with Gasteiger partial charge < -0.3 is 24.5 Å². The second-order valence-electron chi connectivity index (χ2n) is 14.2. The van der Waals surface area contributed by atoms with E-state index < -0.39 is 35.1 Å². The minimum absolute atomic E-state index is 0.0363. The Bertz CT molecular complexity index is 1190. The van der Waals surface area contributed by atoms with Gasteiger partial charge in [0.2, 0.25) is 17.7 Å². The van der Waals surface area contributed by atoms with Crippen molar-refractivity contribution in [3.63, 3.8) is 0 Å². The minimum atomic E-state index is -1.07. The lowest BCUT2D eigenvalue weighted by atomic mass is 9.70. The highest BCUT2D eigenvalue weighted by atomic mass is 16.5. The van der Waals surface area contributed by atoms with Gasteiger partial charge in [0.25, 0.3) is 0 Å². The van der Waals surface area contributed by atoms with E-state index in [4.69, 9.17) is 4.74 Å². The predicted molar refractivity (Wildman–Crippen MR) is 169 cm³/mol. The number of carbonyl (C=O) groups excluding carboxylic acids is 3. The quantitative estimate of drug-likeness (QED) is 0.243. The van der Waals surface area contributed by atoms with Crippen molar-refractivity contribution in [1.82, 2.24) is 9.80 Å². The van der Waals surface area contributed by atoms with Crippen LogP contribution in [0.25, 0.3) is 0 Å². The maximum absolute atomic E-state index is 14.8. The number of ether oxygens (including phenoxy) is 1. The minimum Gasteiger partial charge on any atom is -0.396 e. The molecule has 8 heteroatoms. The fraction of sp³-hybridized carbons (Fsp3) is 0.629. The zero-order valence-electron chi connectivity index (χ0n) is 26.8. The van der Waals surface area contributed by atoms with Gasteiger partial charge in [0, 0.05) is 37.5 Å². The van der Waals surface area contributed by atoms with Gasteiger partial charge in [-0.3, -0.25) is 14.4 Å². The van der Waals surface area contributed by atoms with E-state index in [2.05, 4.69) is 47.8 Å². The Balaban J connectivity index is 1.75. The molecule has 3 aliphatic heterocycles. The third-order valence-electron chi connectivity index (χ3n) is 9.29. The van der Waals surface area contributed by atoms with Gasteiger partial charge >= 0.3 is 0 Å². The number of nitrogens with zero attached hydrogens (tertiary/aromatic N) is 3. The number of unbranched alkanes of at least 4 members (excludes halogenated alkanes) is 2. The van der Waals surface area contributed by atoms with Gasteiger partial charge in [-0.1, -0.05) is 51.1 Å². The molecule has 1 aromatic rings. The SMILES string of the molecule is C=CCN(C(=O)[C@@H]1[C@@H]2CCC3(O2)C(C(=O)N(CC=C)C(C)(C)CC(C)(C)C)N(CCCCCO)C(=O)[C@H]13)c1ccccc1. The van der Waals surface area contributed by atoms with E-state index in [1.807, 2.05) is 35.2 Å². The van der Waals surface area contributed by atoms with Gasteiger partial charge in [0.15, 0.2) is 0 Å². The molecule has 3 amide bonds. The molecule has 0 saturated carbocycles. The van der Waals surface area contributed by atoms with Gasteiger partial charge in [-0.15, -0.1) is 13.2 Å². The van der Waals surface area contributed by atoms with E-state index in [9.17, 15) is 19.5 Å². The summed E-state index contributed by atoms with van der Waals surface area (Å²) in [4.78, 5) is 48.9. The Morgan fingerprint density at radius 3 is 2.33 bits per heavy atom. The number of fused-ring (bicyclic) bond motifs is 1. The van der Waals surface area contributed by atoms with Crippen LogP contribution in [0.3, 0.4) is 0 Å². The first-order valence-electron chi connectivity index (χ1n) is 15.8. The van der Waals surface area contributed by atoms with Crippen molar-refractivity contribution < 1.29 is 24.2 Å². The number of carbonyl (C=O) groups is 3. The number of aliphatic hydroxyl groups excluding tert-OH is 1. The van der Waals surface area contributed by atoms with E-state index in [0.29, 0.717) is 45.3 Å². The lowest BCUT2D eigenvalue weighted by Gasteiger charge is -2.45. The number of hydrogen-bond donors (Lipinski definition) is 1. The Morgan fingerprint density at radius 1 is 1.05 bits per heavy atom. The number of likely N-dealkylation sites (tertiary alicyclic amines) is 1. The summed E-state index contributed by atoms with van der Waals surface area (Å²) in [6, 6.07) is 8.60. The highest BCUT2D eigenvalue weighted by Crippen LogP contribution is 2.59. The van der Waals surface area contributed by atoms with Gasteiger partial charge in [0.1, 0.15) is 11.6 Å². The Kier molecular flexibility index (Phi) is 9.92. The number of hydrogen-bond acceptors (Lipinski definition) is 5. The Labute approximate surface area is 257 Å². The topological polar surface area (TPSA) is 90.4 Å². The Hall–Kier alpha value is -2.97. The number of anilines is 1. The fourth-order valence-electron chi connectivity index (χ4n) is 8.07. The summed E-state index contributed by atoms with van der Waals surface area (Å²) in [6.07, 6.45) is 6.94. The summed E-state index contributed by atoms with van der Waals surface area (Å²) in [5.41, 5.74) is -0.872. The van der Waals surface area contributed by atoms with E-state index in [-0.39, 0.29) is 29.7 Å². The number of amides is 3. The summed E-state index contributed by atoms with van der Waals surface area (Å²) >= 11 is 0. The molecular weight excluding hydrogens is 542 g/mol. The van der Waals surface area contributed by atoms with Gasteiger partial charge in [-0.2, -0.15) is 0 Å². The normalized spacial score (nSPS) is 26.4. The van der Waals surface area contributed by atoms with Crippen LogP contribution in [0.4, 0.5) is 5.69 Å². The summed E-state index contributed by atoms with van der Waals surface area (Å²) in [6.45, 7) is 19.5. The van der Waals surface area contributed by atoms with Crippen LogP contribution < -0.4 is 4.90 Å².